The SMILES string of the molecule is c1ccc(-n2c3cc4ccccc4cc3c3c(-c4cccc(N(c5ccc(-c6ccc7ccccc7c6)cc5)c5ccc(-c6ccc7c(ccc8ccccc87)c6)cc5)c4)cccc32)cc1. The molecular formula is C64H42N2. The van der Waals surface area contributed by atoms with E-state index < -0.39 is 0 Å². The summed E-state index contributed by atoms with van der Waals surface area (Å²) in [5, 5.41) is 12.5. The first-order valence-corrected chi connectivity index (χ1v) is 22.7. The summed E-state index contributed by atoms with van der Waals surface area (Å²) in [7, 11) is 0. The van der Waals surface area contributed by atoms with Gasteiger partial charge in [0.15, 0.2) is 0 Å². The average molecular weight is 839 g/mol. The zero-order valence-electron chi connectivity index (χ0n) is 36.1. The molecule has 1 aromatic heterocycles. The summed E-state index contributed by atoms with van der Waals surface area (Å²) in [4.78, 5) is 2.39. The lowest BCUT2D eigenvalue weighted by molar-refractivity contribution is 1.18. The maximum Gasteiger partial charge on any atom is 0.0547 e. The van der Waals surface area contributed by atoms with Crippen molar-refractivity contribution in [1.82, 2.24) is 4.57 Å². The number of hydrogen-bond acceptors (Lipinski definition) is 1. The van der Waals surface area contributed by atoms with Gasteiger partial charge in [0.25, 0.3) is 0 Å². The van der Waals surface area contributed by atoms with Gasteiger partial charge in [-0.1, -0.05) is 176 Å². The summed E-state index contributed by atoms with van der Waals surface area (Å²) in [6, 6.07) is 93.4. The molecule has 13 aromatic rings. The highest BCUT2D eigenvalue weighted by atomic mass is 15.1. The molecule has 308 valence electrons. The van der Waals surface area contributed by atoms with Gasteiger partial charge in [-0.25, -0.2) is 0 Å². The highest BCUT2D eigenvalue weighted by Gasteiger charge is 2.19. The Morgan fingerprint density at radius 3 is 1.55 bits per heavy atom. The Morgan fingerprint density at radius 1 is 0.258 bits per heavy atom. The minimum atomic E-state index is 1.09. The van der Waals surface area contributed by atoms with Gasteiger partial charge in [-0.15, -0.1) is 0 Å². The van der Waals surface area contributed by atoms with Gasteiger partial charge in [0.1, 0.15) is 0 Å². The van der Waals surface area contributed by atoms with Gasteiger partial charge in [-0.05, 0) is 155 Å². The first kappa shape index (κ1) is 37.8. The van der Waals surface area contributed by atoms with Gasteiger partial charge in [0.2, 0.25) is 0 Å². The normalized spacial score (nSPS) is 11.6. The van der Waals surface area contributed by atoms with Gasteiger partial charge in [-0.2, -0.15) is 0 Å². The number of anilines is 3. The van der Waals surface area contributed by atoms with Crippen LogP contribution in [0.25, 0.3) is 104 Å². The molecule has 0 saturated heterocycles. The summed E-state index contributed by atoms with van der Waals surface area (Å²) >= 11 is 0. The number of hydrogen-bond donors (Lipinski definition) is 0. The molecule has 0 saturated carbocycles. The van der Waals surface area contributed by atoms with Crippen molar-refractivity contribution in [3.63, 3.8) is 0 Å². The maximum atomic E-state index is 2.42. The summed E-state index contributed by atoms with van der Waals surface area (Å²) in [5.74, 6) is 0. The fourth-order valence-electron chi connectivity index (χ4n) is 10.3. The van der Waals surface area contributed by atoms with Crippen molar-refractivity contribution in [2.24, 2.45) is 0 Å². The van der Waals surface area contributed by atoms with Crippen molar-refractivity contribution in [2.75, 3.05) is 4.90 Å². The number of benzene rings is 12. The van der Waals surface area contributed by atoms with Crippen molar-refractivity contribution in [2.45, 2.75) is 0 Å². The lowest BCUT2D eigenvalue weighted by Gasteiger charge is -2.26. The average Bonchev–Trinajstić information content (AvgIpc) is 3.71. The first-order valence-electron chi connectivity index (χ1n) is 22.7. The molecule has 0 spiro atoms. The number of fused-ring (bicyclic) bond motifs is 8. The number of nitrogens with zero attached hydrogens (tertiary/aromatic N) is 2. The van der Waals surface area contributed by atoms with Gasteiger partial charge < -0.3 is 9.47 Å². The monoisotopic (exact) mass is 838 g/mol. The lowest BCUT2D eigenvalue weighted by atomic mass is 9.97. The molecule has 0 N–H and O–H groups in total. The van der Waals surface area contributed by atoms with E-state index >= 15 is 0 Å². The van der Waals surface area contributed by atoms with Crippen LogP contribution in [0.3, 0.4) is 0 Å². The molecule has 12 aromatic carbocycles. The third-order valence-corrected chi connectivity index (χ3v) is 13.5. The van der Waals surface area contributed by atoms with E-state index in [-0.39, 0.29) is 0 Å². The summed E-state index contributed by atoms with van der Waals surface area (Å²) in [6.45, 7) is 0. The van der Waals surface area contributed by atoms with E-state index in [2.05, 4.69) is 264 Å². The molecule has 2 heteroatoms. The minimum Gasteiger partial charge on any atom is -0.310 e. The Hall–Kier alpha value is -8.72. The van der Waals surface area contributed by atoms with Crippen molar-refractivity contribution in [3.8, 4) is 39.1 Å². The smallest absolute Gasteiger partial charge is 0.0547 e. The summed E-state index contributed by atoms with van der Waals surface area (Å²) in [6.07, 6.45) is 0. The molecule has 13 rings (SSSR count). The Bertz CT molecular complexity index is 3970. The van der Waals surface area contributed by atoms with Crippen LogP contribution in [0.1, 0.15) is 0 Å². The van der Waals surface area contributed by atoms with E-state index in [4.69, 9.17) is 0 Å². The van der Waals surface area contributed by atoms with Crippen LogP contribution in [-0.2, 0) is 0 Å². The molecule has 0 atom stereocenters. The second-order valence-electron chi connectivity index (χ2n) is 17.4. The Balaban J connectivity index is 0.948. The van der Waals surface area contributed by atoms with Crippen LogP contribution in [0.2, 0.25) is 0 Å². The zero-order valence-corrected chi connectivity index (χ0v) is 36.1. The first-order chi connectivity index (χ1) is 32.7. The van der Waals surface area contributed by atoms with E-state index in [1.807, 2.05) is 0 Å². The standard InChI is InChI=1S/C64H42N2/c1-2-18-54(19-3-1)66-62-23-11-22-60(64(62)61-41-48-15-6-7-16-49(48)42-63(61)66)52-17-10-20-57(40-52)65(55-33-28-44(29-34-55)50-26-24-43-12-4-5-14-47(43)38-50)56-35-30-45(31-36-56)51-32-37-59-53(39-51)27-25-46-13-8-9-21-58(46)59/h1-42H. The second kappa shape index (κ2) is 15.5. The molecule has 0 unspecified atom stereocenters. The van der Waals surface area contributed by atoms with Crippen LogP contribution in [0.15, 0.2) is 255 Å². The Labute approximate surface area is 383 Å². The molecule has 0 aliphatic heterocycles. The highest BCUT2D eigenvalue weighted by Crippen LogP contribution is 2.43. The van der Waals surface area contributed by atoms with Crippen molar-refractivity contribution >= 4 is 82.0 Å². The second-order valence-corrected chi connectivity index (χ2v) is 17.4. The summed E-state index contributed by atoms with van der Waals surface area (Å²) < 4.78 is 2.42. The van der Waals surface area contributed by atoms with Gasteiger partial charge in [-0.3, -0.25) is 0 Å². The number of para-hydroxylation sites is 1. The van der Waals surface area contributed by atoms with Gasteiger partial charge >= 0.3 is 0 Å². The van der Waals surface area contributed by atoms with Crippen molar-refractivity contribution in [3.05, 3.63) is 255 Å². The minimum absolute atomic E-state index is 1.09. The molecule has 0 aliphatic carbocycles. The van der Waals surface area contributed by atoms with Crippen LogP contribution in [-0.4, -0.2) is 4.57 Å². The molecule has 2 nitrogen and oxygen atoms in total. The van der Waals surface area contributed by atoms with Gasteiger partial charge in [0, 0.05) is 33.5 Å². The predicted molar refractivity (Wildman–Crippen MR) is 282 cm³/mol. The number of aromatic nitrogens is 1. The van der Waals surface area contributed by atoms with Gasteiger partial charge in [0.05, 0.1) is 11.0 Å². The van der Waals surface area contributed by atoms with E-state index in [9.17, 15) is 0 Å². The van der Waals surface area contributed by atoms with E-state index in [1.54, 1.807) is 0 Å². The fraction of sp³-hybridized carbons (Fsp3) is 0. The molecule has 1 heterocycles. The molecule has 0 bridgehead atoms. The Kier molecular flexibility index (Phi) is 8.89. The molecule has 0 radical (unpaired) electrons. The molecular weight excluding hydrogens is 797 g/mol. The van der Waals surface area contributed by atoms with E-state index in [0.717, 1.165) is 28.3 Å². The van der Waals surface area contributed by atoms with E-state index in [1.165, 1.54) is 92.7 Å². The molecule has 0 amide bonds. The van der Waals surface area contributed by atoms with Crippen molar-refractivity contribution < 1.29 is 0 Å². The molecule has 0 aliphatic rings. The van der Waals surface area contributed by atoms with Crippen LogP contribution in [0.4, 0.5) is 17.1 Å². The molecule has 66 heavy (non-hydrogen) atoms. The van der Waals surface area contributed by atoms with Crippen LogP contribution in [0, 0.1) is 0 Å². The maximum absolute atomic E-state index is 2.42. The summed E-state index contributed by atoms with van der Waals surface area (Å²) in [5.41, 5.74) is 14.0. The lowest BCUT2D eigenvalue weighted by Crippen LogP contribution is -2.10. The third kappa shape index (κ3) is 6.42. The third-order valence-electron chi connectivity index (χ3n) is 13.5. The van der Waals surface area contributed by atoms with Crippen LogP contribution >= 0.6 is 0 Å². The topological polar surface area (TPSA) is 8.17 Å². The zero-order chi connectivity index (χ0) is 43.6. The van der Waals surface area contributed by atoms with Crippen molar-refractivity contribution in [1.29, 1.82) is 0 Å². The van der Waals surface area contributed by atoms with E-state index in [0.29, 0.717) is 0 Å². The van der Waals surface area contributed by atoms with Crippen LogP contribution in [0.5, 0.6) is 0 Å². The number of rotatable bonds is 7. The Morgan fingerprint density at radius 2 is 0.803 bits per heavy atom. The van der Waals surface area contributed by atoms with Crippen LogP contribution < -0.4 is 4.90 Å². The quantitative estimate of drug-likeness (QED) is 0.145. The molecule has 0 fully saturated rings. The largest absolute Gasteiger partial charge is 0.310 e. The predicted octanol–water partition coefficient (Wildman–Crippen LogP) is 17.9. The highest BCUT2D eigenvalue weighted by molar-refractivity contribution is 6.19. The fourth-order valence-corrected chi connectivity index (χ4v) is 10.3.